The Balaban J connectivity index is 1.89. The lowest BCUT2D eigenvalue weighted by Gasteiger charge is -2.26. The molecule has 0 unspecified atom stereocenters. The number of guanidine groups is 1. The smallest absolute Gasteiger partial charge is 0.191 e. The van der Waals surface area contributed by atoms with Gasteiger partial charge in [0.25, 0.3) is 0 Å². The van der Waals surface area contributed by atoms with E-state index < -0.39 is 0 Å². The number of halogens is 1. The molecule has 1 heterocycles. The third kappa shape index (κ3) is 5.25. The van der Waals surface area contributed by atoms with Gasteiger partial charge in [-0.2, -0.15) is 0 Å². The lowest BCUT2D eigenvalue weighted by atomic mass is 9.85. The van der Waals surface area contributed by atoms with E-state index >= 15 is 0 Å². The number of benzene rings is 1. The molecule has 2 aromatic rings. The van der Waals surface area contributed by atoms with Crippen LogP contribution in [0.2, 0.25) is 5.15 Å². The van der Waals surface area contributed by atoms with Crippen molar-refractivity contribution in [3.05, 3.63) is 64.9 Å². The van der Waals surface area contributed by atoms with Crippen LogP contribution in [0.3, 0.4) is 0 Å². The summed E-state index contributed by atoms with van der Waals surface area (Å²) in [5, 5.41) is 7.17. The van der Waals surface area contributed by atoms with Crippen molar-refractivity contribution < 1.29 is 0 Å². The topological polar surface area (TPSA) is 49.3 Å². The van der Waals surface area contributed by atoms with E-state index in [-0.39, 0.29) is 5.41 Å². The maximum atomic E-state index is 5.79. The average molecular weight is 331 g/mol. The zero-order chi connectivity index (χ0) is 16.7. The van der Waals surface area contributed by atoms with Crippen molar-refractivity contribution in [3.63, 3.8) is 0 Å². The SMILES string of the molecule is CN=C(NCc1ccc(Cl)nc1)NCC(C)(C)c1ccccc1. The number of nitrogens with one attached hydrogen (secondary N) is 2. The fraction of sp³-hybridized carbons (Fsp3) is 0.333. The molecule has 5 heteroatoms. The highest BCUT2D eigenvalue weighted by atomic mass is 35.5. The van der Waals surface area contributed by atoms with Gasteiger partial charge in [0.15, 0.2) is 5.96 Å². The van der Waals surface area contributed by atoms with Gasteiger partial charge < -0.3 is 10.6 Å². The van der Waals surface area contributed by atoms with Crippen LogP contribution in [-0.2, 0) is 12.0 Å². The van der Waals surface area contributed by atoms with Gasteiger partial charge >= 0.3 is 0 Å². The van der Waals surface area contributed by atoms with Crippen LogP contribution in [0.5, 0.6) is 0 Å². The first kappa shape index (κ1) is 17.3. The quantitative estimate of drug-likeness (QED) is 0.502. The number of aliphatic imine (C=N–C) groups is 1. The van der Waals surface area contributed by atoms with Gasteiger partial charge in [-0.3, -0.25) is 4.99 Å². The molecule has 0 aliphatic heterocycles. The van der Waals surface area contributed by atoms with E-state index in [9.17, 15) is 0 Å². The first-order chi connectivity index (χ1) is 11.0. The standard InChI is InChI=1S/C18H23ClN4/c1-18(2,15-7-5-4-6-8-15)13-23-17(20-3)22-12-14-9-10-16(19)21-11-14/h4-11H,12-13H2,1-3H3,(H2,20,22,23). The Morgan fingerprint density at radius 1 is 1.13 bits per heavy atom. The highest BCUT2D eigenvalue weighted by Crippen LogP contribution is 2.21. The highest BCUT2D eigenvalue weighted by Gasteiger charge is 2.20. The predicted octanol–water partition coefficient (Wildman–Crippen LogP) is 3.38. The Bertz CT molecular complexity index is 636. The van der Waals surface area contributed by atoms with Crippen LogP contribution < -0.4 is 10.6 Å². The second-order valence-electron chi connectivity index (χ2n) is 6.02. The first-order valence-electron chi connectivity index (χ1n) is 7.62. The molecule has 0 aliphatic carbocycles. The van der Waals surface area contributed by atoms with E-state index in [4.69, 9.17) is 11.6 Å². The van der Waals surface area contributed by atoms with E-state index in [1.54, 1.807) is 19.3 Å². The fourth-order valence-electron chi connectivity index (χ4n) is 2.21. The van der Waals surface area contributed by atoms with Gasteiger partial charge in [-0.15, -0.1) is 0 Å². The summed E-state index contributed by atoms with van der Waals surface area (Å²) in [7, 11) is 1.77. The summed E-state index contributed by atoms with van der Waals surface area (Å²) in [6.45, 7) is 5.86. The molecule has 0 aliphatic rings. The van der Waals surface area contributed by atoms with E-state index in [2.05, 4.69) is 58.7 Å². The van der Waals surface area contributed by atoms with Gasteiger partial charge in [0.2, 0.25) is 0 Å². The lowest BCUT2D eigenvalue weighted by molar-refractivity contribution is 0.508. The maximum absolute atomic E-state index is 5.79. The van der Waals surface area contributed by atoms with Gasteiger partial charge in [0.05, 0.1) is 0 Å². The Labute approximate surface area is 143 Å². The van der Waals surface area contributed by atoms with Crippen LogP contribution in [0.4, 0.5) is 0 Å². The lowest BCUT2D eigenvalue weighted by Crippen LogP contribution is -2.43. The summed E-state index contributed by atoms with van der Waals surface area (Å²) in [5.74, 6) is 0.768. The second-order valence-corrected chi connectivity index (χ2v) is 6.41. The van der Waals surface area contributed by atoms with Crippen molar-refractivity contribution in [2.24, 2.45) is 4.99 Å². The first-order valence-corrected chi connectivity index (χ1v) is 7.99. The summed E-state index contributed by atoms with van der Waals surface area (Å²) in [6, 6.07) is 14.2. The summed E-state index contributed by atoms with van der Waals surface area (Å²) >= 11 is 5.79. The molecule has 0 fully saturated rings. The zero-order valence-corrected chi connectivity index (χ0v) is 14.6. The Hall–Kier alpha value is -2.07. The minimum Gasteiger partial charge on any atom is -0.356 e. The predicted molar refractivity (Wildman–Crippen MR) is 96.9 cm³/mol. The van der Waals surface area contributed by atoms with Crippen LogP contribution in [0, 0.1) is 0 Å². The van der Waals surface area contributed by atoms with Crippen molar-refractivity contribution in [3.8, 4) is 0 Å². The molecule has 0 saturated carbocycles. The number of aromatic nitrogens is 1. The van der Waals surface area contributed by atoms with Crippen LogP contribution in [0.25, 0.3) is 0 Å². The third-order valence-electron chi connectivity index (χ3n) is 3.73. The number of hydrogen-bond donors (Lipinski definition) is 2. The summed E-state index contributed by atoms with van der Waals surface area (Å²) < 4.78 is 0. The molecule has 1 aromatic heterocycles. The van der Waals surface area contributed by atoms with Crippen molar-refractivity contribution >= 4 is 17.6 Å². The minimum atomic E-state index is 0.0146. The van der Waals surface area contributed by atoms with Crippen LogP contribution >= 0.6 is 11.6 Å². The molecule has 23 heavy (non-hydrogen) atoms. The third-order valence-corrected chi connectivity index (χ3v) is 3.95. The second kappa shape index (κ2) is 7.97. The van der Waals surface area contributed by atoms with Crippen LogP contribution in [0.1, 0.15) is 25.0 Å². The van der Waals surface area contributed by atoms with Gasteiger partial charge in [0, 0.05) is 31.7 Å². The molecule has 0 spiro atoms. The Morgan fingerprint density at radius 2 is 1.87 bits per heavy atom. The minimum absolute atomic E-state index is 0.0146. The van der Waals surface area contributed by atoms with Crippen LogP contribution in [0.15, 0.2) is 53.7 Å². The Morgan fingerprint density at radius 3 is 2.48 bits per heavy atom. The van der Waals surface area contributed by atoms with Crippen molar-refractivity contribution in [1.29, 1.82) is 0 Å². The van der Waals surface area contributed by atoms with Crippen molar-refractivity contribution in [2.75, 3.05) is 13.6 Å². The molecule has 2 rings (SSSR count). The molecule has 0 amide bonds. The molecular formula is C18H23ClN4. The summed E-state index contributed by atoms with van der Waals surface area (Å²) in [6.07, 6.45) is 1.76. The molecule has 0 bridgehead atoms. The van der Waals surface area contributed by atoms with E-state index in [1.807, 2.05) is 12.1 Å². The van der Waals surface area contributed by atoms with Gasteiger partial charge in [-0.05, 0) is 17.2 Å². The molecule has 0 saturated heterocycles. The fourth-order valence-corrected chi connectivity index (χ4v) is 2.33. The zero-order valence-electron chi connectivity index (χ0n) is 13.8. The molecular weight excluding hydrogens is 308 g/mol. The van der Waals surface area contributed by atoms with Crippen molar-refractivity contribution in [2.45, 2.75) is 25.8 Å². The number of rotatable bonds is 5. The molecule has 0 atom stereocenters. The van der Waals surface area contributed by atoms with Gasteiger partial charge in [-0.25, -0.2) is 4.98 Å². The summed E-state index contributed by atoms with van der Waals surface area (Å²) in [5.41, 5.74) is 2.37. The number of hydrogen-bond acceptors (Lipinski definition) is 2. The average Bonchev–Trinajstić information content (AvgIpc) is 2.57. The van der Waals surface area contributed by atoms with Gasteiger partial charge in [-0.1, -0.05) is 61.8 Å². The molecule has 4 nitrogen and oxygen atoms in total. The molecule has 1 aromatic carbocycles. The van der Waals surface area contributed by atoms with E-state index in [0.717, 1.165) is 18.1 Å². The van der Waals surface area contributed by atoms with Crippen LogP contribution in [-0.4, -0.2) is 24.5 Å². The van der Waals surface area contributed by atoms with Gasteiger partial charge in [0.1, 0.15) is 5.15 Å². The molecule has 0 radical (unpaired) electrons. The maximum Gasteiger partial charge on any atom is 0.191 e. The van der Waals surface area contributed by atoms with E-state index in [0.29, 0.717) is 11.7 Å². The highest BCUT2D eigenvalue weighted by molar-refractivity contribution is 6.29. The van der Waals surface area contributed by atoms with E-state index in [1.165, 1.54) is 5.56 Å². The summed E-state index contributed by atoms with van der Waals surface area (Å²) in [4.78, 5) is 8.34. The molecule has 2 N–H and O–H groups in total. The van der Waals surface area contributed by atoms with Crippen molar-refractivity contribution in [1.82, 2.24) is 15.6 Å². The largest absolute Gasteiger partial charge is 0.356 e. The normalized spacial score (nSPS) is 12.1. The number of pyridine rings is 1. The number of nitrogens with zero attached hydrogens (tertiary/aromatic N) is 2. The Kier molecular flexibility index (Phi) is 5.99. The molecule has 122 valence electrons. The monoisotopic (exact) mass is 330 g/mol.